The van der Waals surface area contributed by atoms with Gasteiger partial charge in [0.1, 0.15) is 6.04 Å². The second kappa shape index (κ2) is 6.12. The number of rotatable bonds is 4. The van der Waals surface area contributed by atoms with Crippen LogP contribution in [0.15, 0.2) is 56.5 Å². The first-order valence-corrected chi connectivity index (χ1v) is 9.97. The summed E-state index contributed by atoms with van der Waals surface area (Å²) in [5.41, 5.74) is 0.856. The minimum absolute atomic E-state index is 0.287. The highest BCUT2D eigenvalue weighted by Crippen LogP contribution is 2.36. The molecule has 1 saturated heterocycles. The molecule has 0 unspecified atom stereocenters. The van der Waals surface area contributed by atoms with Gasteiger partial charge in [-0.15, -0.1) is 10.2 Å². The Bertz CT molecular complexity index is 921. The van der Waals surface area contributed by atoms with Crippen LogP contribution in [0.2, 0.25) is 0 Å². The van der Waals surface area contributed by atoms with Crippen molar-refractivity contribution in [2.45, 2.75) is 23.8 Å². The van der Waals surface area contributed by atoms with E-state index < -0.39 is 16.1 Å². The highest BCUT2D eigenvalue weighted by atomic mass is 32.2. The molecule has 1 aromatic carbocycles. The molecule has 6 nitrogen and oxygen atoms in total. The van der Waals surface area contributed by atoms with Crippen LogP contribution in [0.5, 0.6) is 0 Å². The second-order valence-corrected chi connectivity index (χ2v) is 8.21. The molecule has 3 aromatic rings. The summed E-state index contributed by atoms with van der Waals surface area (Å²) in [6.45, 7) is 0.456. The van der Waals surface area contributed by atoms with Crippen LogP contribution in [-0.2, 0) is 10.0 Å². The first-order valence-electron chi connectivity index (χ1n) is 7.59. The van der Waals surface area contributed by atoms with Crippen molar-refractivity contribution in [1.82, 2.24) is 14.5 Å². The Balaban J connectivity index is 1.66. The van der Waals surface area contributed by atoms with Crippen molar-refractivity contribution in [1.29, 1.82) is 0 Å². The first kappa shape index (κ1) is 15.5. The maximum Gasteiger partial charge on any atom is 0.248 e. The lowest BCUT2D eigenvalue weighted by molar-refractivity contribution is 0.332. The Hall–Kier alpha value is -2.03. The molecule has 0 spiro atoms. The zero-order valence-electron chi connectivity index (χ0n) is 12.7. The van der Waals surface area contributed by atoms with Crippen LogP contribution in [-0.4, -0.2) is 29.5 Å². The fraction of sp³-hybridized carbons (Fsp3) is 0.250. The first-order chi connectivity index (χ1) is 11.7. The van der Waals surface area contributed by atoms with Gasteiger partial charge in [-0.25, -0.2) is 8.42 Å². The lowest BCUT2D eigenvalue weighted by Gasteiger charge is -2.21. The van der Waals surface area contributed by atoms with E-state index in [9.17, 15) is 8.42 Å². The summed E-state index contributed by atoms with van der Waals surface area (Å²) in [5, 5.41) is 12.0. The van der Waals surface area contributed by atoms with Gasteiger partial charge in [0.05, 0.1) is 4.90 Å². The molecule has 0 amide bonds. The molecule has 3 heterocycles. The Kier molecular flexibility index (Phi) is 3.95. The van der Waals surface area contributed by atoms with Crippen molar-refractivity contribution >= 4 is 21.4 Å². The minimum Gasteiger partial charge on any atom is -0.419 e. The van der Waals surface area contributed by atoms with Gasteiger partial charge < -0.3 is 4.42 Å². The number of hydrogen-bond donors (Lipinski definition) is 0. The molecule has 1 aliphatic rings. The Morgan fingerprint density at radius 3 is 2.75 bits per heavy atom. The van der Waals surface area contributed by atoms with Gasteiger partial charge in [0.15, 0.2) is 0 Å². The van der Waals surface area contributed by atoms with Crippen LogP contribution in [0.4, 0.5) is 0 Å². The number of benzene rings is 1. The van der Waals surface area contributed by atoms with Gasteiger partial charge in [-0.1, -0.05) is 18.2 Å². The van der Waals surface area contributed by atoms with Gasteiger partial charge in [0.25, 0.3) is 0 Å². The summed E-state index contributed by atoms with van der Waals surface area (Å²) in [6.07, 6.45) is 1.45. The molecule has 1 fully saturated rings. The Labute approximate surface area is 143 Å². The molecular weight excluding hydrogens is 346 g/mol. The molecule has 0 radical (unpaired) electrons. The lowest BCUT2D eigenvalue weighted by Crippen LogP contribution is -2.30. The highest BCUT2D eigenvalue weighted by molar-refractivity contribution is 7.89. The predicted octanol–water partition coefficient (Wildman–Crippen LogP) is 3.32. The average molecular weight is 361 g/mol. The predicted molar refractivity (Wildman–Crippen MR) is 89.9 cm³/mol. The fourth-order valence-electron chi connectivity index (χ4n) is 2.87. The van der Waals surface area contributed by atoms with Crippen molar-refractivity contribution in [3.8, 4) is 11.5 Å². The molecule has 0 aliphatic carbocycles. The summed E-state index contributed by atoms with van der Waals surface area (Å²) in [6, 6.07) is 9.94. The van der Waals surface area contributed by atoms with Crippen molar-refractivity contribution in [3.63, 3.8) is 0 Å². The third kappa shape index (κ3) is 2.66. The molecule has 124 valence electrons. The molecule has 8 heteroatoms. The van der Waals surface area contributed by atoms with Crippen molar-refractivity contribution < 1.29 is 12.8 Å². The number of aromatic nitrogens is 2. The molecule has 0 N–H and O–H groups in total. The minimum atomic E-state index is -3.57. The largest absolute Gasteiger partial charge is 0.419 e. The monoisotopic (exact) mass is 361 g/mol. The maximum absolute atomic E-state index is 12.9. The number of hydrogen-bond acceptors (Lipinski definition) is 6. The average Bonchev–Trinajstić information content (AvgIpc) is 3.34. The molecule has 4 rings (SSSR count). The van der Waals surface area contributed by atoms with Crippen LogP contribution < -0.4 is 0 Å². The normalized spacial score (nSPS) is 18.9. The summed E-state index contributed by atoms with van der Waals surface area (Å²) < 4.78 is 33.0. The van der Waals surface area contributed by atoms with Crippen LogP contribution in [0, 0.1) is 0 Å². The van der Waals surface area contributed by atoms with Crippen LogP contribution in [0.3, 0.4) is 0 Å². The van der Waals surface area contributed by atoms with E-state index in [2.05, 4.69) is 10.2 Å². The fourth-order valence-corrected chi connectivity index (χ4v) is 5.18. The zero-order valence-corrected chi connectivity index (χ0v) is 14.3. The molecule has 2 aromatic heterocycles. The maximum atomic E-state index is 12.9. The van der Waals surface area contributed by atoms with Crippen LogP contribution in [0.25, 0.3) is 11.5 Å². The SMILES string of the molecule is O=S(=O)(c1ccccc1)N1CCC[C@H]1c1nnc(-c2ccsc2)o1. The van der Waals surface area contributed by atoms with E-state index in [4.69, 9.17) is 4.42 Å². The van der Waals surface area contributed by atoms with Crippen molar-refractivity contribution in [2.24, 2.45) is 0 Å². The quantitative estimate of drug-likeness (QED) is 0.712. The summed E-state index contributed by atoms with van der Waals surface area (Å²) in [4.78, 5) is 0.287. The third-order valence-electron chi connectivity index (χ3n) is 4.05. The number of nitrogens with zero attached hydrogens (tertiary/aromatic N) is 3. The van der Waals surface area contributed by atoms with E-state index in [0.29, 0.717) is 24.7 Å². The molecule has 0 bridgehead atoms. The summed E-state index contributed by atoms with van der Waals surface area (Å²) >= 11 is 1.54. The number of thiophene rings is 1. The lowest BCUT2D eigenvalue weighted by atomic mass is 10.2. The van der Waals surface area contributed by atoms with E-state index >= 15 is 0 Å². The van der Waals surface area contributed by atoms with Gasteiger partial charge >= 0.3 is 0 Å². The summed E-state index contributed by atoms with van der Waals surface area (Å²) in [5.74, 6) is 0.781. The highest BCUT2D eigenvalue weighted by Gasteiger charge is 2.39. The van der Waals surface area contributed by atoms with Crippen LogP contribution >= 0.6 is 11.3 Å². The molecular formula is C16H15N3O3S2. The topological polar surface area (TPSA) is 76.3 Å². The van der Waals surface area contributed by atoms with E-state index in [0.717, 1.165) is 12.0 Å². The smallest absolute Gasteiger partial charge is 0.248 e. The molecule has 0 saturated carbocycles. The molecule has 1 atom stereocenters. The standard InChI is InChI=1S/C16H15N3O3S2/c20-24(21,13-5-2-1-3-6-13)19-9-4-7-14(19)16-18-17-15(22-16)12-8-10-23-11-12/h1-3,5-6,8,10-11,14H,4,7,9H2/t14-/m0/s1. The van der Waals surface area contributed by atoms with Gasteiger partial charge in [0.2, 0.25) is 21.8 Å². The van der Waals surface area contributed by atoms with Crippen molar-refractivity contribution in [2.75, 3.05) is 6.54 Å². The second-order valence-electron chi connectivity index (χ2n) is 5.54. The van der Waals surface area contributed by atoms with Gasteiger partial charge in [-0.05, 0) is 36.4 Å². The summed E-state index contributed by atoms with van der Waals surface area (Å²) in [7, 11) is -3.57. The van der Waals surface area contributed by atoms with Gasteiger partial charge in [-0.3, -0.25) is 0 Å². The van der Waals surface area contributed by atoms with E-state index in [1.165, 1.54) is 4.31 Å². The zero-order chi connectivity index (χ0) is 16.6. The Morgan fingerprint density at radius 2 is 2.00 bits per heavy atom. The van der Waals surface area contributed by atoms with Crippen molar-refractivity contribution in [3.05, 3.63) is 53.0 Å². The third-order valence-corrected chi connectivity index (χ3v) is 6.65. The molecule has 24 heavy (non-hydrogen) atoms. The van der Waals surface area contributed by atoms with Crippen LogP contribution in [0.1, 0.15) is 24.8 Å². The van der Waals surface area contributed by atoms with E-state index in [-0.39, 0.29) is 4.90 Å². The number of sulfonamides is 1. The van der Waals surface area contributed by atoms with Gasteiger partial charge in [0, 0.05) is 17.5 Å². The Morgan fingerprint density at radius 1 is 1.17 bits per heavy atom. The molecule has 1 aliphatic heterocycles. The van der Waals surface area contributed by atoms with E-state index in [1.54, 1.807) is 41.7 Å². The van der Waals surface area contributed by atoms with E-state index in [1.807, 2.05) is 16.8 Å². The van der Waals surface area contributed by atoms with Gasteiger partial charge in [-0.2, -0.15) is 15.6 Å².